The van der Waals surface area contributed by atoms with Crippen LogP contribution in [0.4, 0.5) is 0 Å². The fourth-order valence-corrected chi connectivity index (χ4v) is 1.79. The number of rotatable bonds is 10. The molecule has 1 unspecified atom stereocenters. The number of nitrogens with one attached hydrogen (secondary N) is 1. The molecular weight excluding hydrogens is 232 g/mol. The zero-order valence-electron chi connectivity index (χ0n) is 11.3. The summed E-state index contributed by atoms with van der Waals surface area (Å²) in [6.07, 6.45) is 5.65. The Morgan fingerprint density at radius 2 is 2.28 bits per heavy atom. The van der Waals surface area contributed by atoms with E-state index < -0.39 is 0 Å². The van der Waals surface area contributed by atoms with Crippen molar-refractivity contribution >= 4 is 0 Å². The highest BCUT2D eigenvalue weighted by atomic mass is 16.5. The van der Waals surface area contributed by atoms with E-state index in [4.69, 9.17) is 15.3 Å². The second-order valence-corrected chi connectivity index (χ2v) is 4.09. The minimum atomic E-state index is 0.0223. The number of hydrogen-bond donors (Lipinski definition) is 2. The predicted molar refractivity (Wildman–Crippen MR) is 69.9 cm³/mol. The van der Waals surface area contributed by atoms with Crippen molar-refractivity contribution in [1.82, 2.24) is 15.0 Å². The summed E-state index contributed by atoms with van der Waals surface area (Å²) < 4.78 is 12.5. The number of hydrazine groups is 1. The van der Waals surface area contributed by atoms with Gasteiger partial charge in [0.15, 0.2) is 0 Å². The van der Waals surface area contributed by atoms with Crippen LogP contribution < -0.4 is 11.3 Å². The number of nitrogens with zero attached hydrogens (tertiary/aromatic N) is 2. The average molecular weight is 256 g/mol. The summed E-state index contributed by atoms with van der Waals surface area (Å²) in [6, 6.07) is 0.0223. The fraction of sp³-hybridized carbons (Fsp3) is 0.750. The van der Waals surface area contributed by atoms with Crippen LogP contribution in [0, 0.1) is 0 Å². The Balaban J connectivity index is 2.41. The van der Waals surface area contributed by atoms with Gasteiger partial charge in [-0.25, -0.2) is 10.4 Å². The maximum Gasteiger partial charge on any atom is 0.127 e. The van der Waals surface area contributed by atoms with E-state index in [1.165, 1.54) is 0 Å². The van der Waals surface area contributed by atoms with Crippen molar-refractivity contribution in [3.05, 3.63) is 18.2 Å². The van der Waals surface area contributed by atoms with E-state index in [0.717, 1.165) is 25.2 Å². The van der Waals surface area contributed by atoms with E-state index >= 15 is 0 Å². The Bertz CT molecular complexity index is 317. The van der Waals surface area contributed by atoms with E-state index in [2.05, 4.69) is 21.9 Å². The summed E-state index contributed by atoms with van der Waals surface area (Å²) in [5, 5.41) is 0. The maximum absolute atomic E-state index is 5.59. The predicted octanol–water partition coefficient (Wildman–Crippen LogP) is 0.851. The molecule has 18 heavy (non-hydrogen) atoms. The molecule has 0 aliphatic carbocycles. The van der Waals surface area contributed by atoms with Gasteiger partial charge in [0.1, 0.15) is 5.82 Å². The molecule has 0 fully saturated rings. The molecule has 6 heteroatoms. The van der Waals surface area contributed by atoms with Crippen LogP contribution in [0.25, 0.3) is 0 Å². The second-order valence-electron chi connectivity index (χ2n) is 4.09. The summed E-state index contributed by atoms with van der Waals surface area (Å²) in [6.45, 7) is 4.96. The van der Waals surface area contributed by atoms with E-state index in [0.29, 0.717) is 19.8 Å². The molecule has 1 rings (SSSR count). The lowest BCUT2D eigenvalue weighted by atomic mass is 10.2. The van der Waals surface area contributed by atoms with Gasteiger partial charge >= 0.3 is 0 Å². The van der Waals surface area contributed by atoms with Crippen molar-refractivity contribution < 1.29 is 9.47 Å². The Labute approximate surface area is 108 Å². The van der Waals surface area contributed by atoms with Crippen LogP contribution in [-0.2, 0) is 16.0 Å². The first-order valence-electron chi connectivity index (χ1n) is 6.37. The Morgan fingerprint density at radius 3 is 2.94 bits per heavy atom. The smallest absolute Gasteiger partial charge is 0.127 e. The molecule has 3 N–H and O–H groups in total. The van der Waals surface area contributed by atoms with Gasteiger partial charge in [0.2, 0.25) is 0 Å². The lowest BCUT2D eigenvalue weighted by molar-refractivity contribution is 0.0652. The molecule has 0 spiro atoms. The average Bonchev–Trinajstić information content (AvgIpc) is 2.83. The van der Waals surface area contributed by atoms with Crippen molar-refractivity contribution in [2.75, 3.05) is 26.9 Å². The van der Waals surface area contributed by atoms with Crippen molar-refractivity contribution in [1.29, 1.82) is 0 Å². The van der Waals surface area contributed by atoms with Gasteiger partial charge in [-0.15, -0.1) is 0 Å². The Hall–Kier alpha value is -0.950. The topological polar surface area (TPSA) is 74.3 Å². The van der Waals surface area contributed by atoms with Gasteiger partial charge in [-0.3, -0.25) is 5.84 Å². The van der Waals surface area contributed by atoms with Crippen LogP contribution in [0.1, 0.15) is 31.6 Å². The maximum atomic E-state index is 5.59. The Kier molecular flexibility index (Phi) is 7.59. The summed E-state index contributed by atoms with van der Waals surface area (Å²) in [4.78, 5) is 4.36. The standard InChI is InChI=1S/C12H24N4O2/c1-3-6-16-7-5-14-12(16)11(15-13)4-8-18-10-9-17-2/h5,7,11,15H,3-4,6,8-10,13H2,1-2H3. The lowest BCUT2D eigenvalue weighted by Gasteiger charge is -2.17. The molecule has 0 bridgehead atoms. The quantitative estimate of drug-likeness (QED) is 0.369. The monoisotopic (exact) mass is 256 g/mol. The van der Waals surface area contributed by atoms with Crippen molar-refractivity contribution in [3.8, 4) is 0 Å². The van der Waals surface area contributed by atoms with Crippen LogP contribution in [0.5, 0.6) is 0 Å². The van der Waals surface area contributed by atoms with Crippen LogP contribution in [-0.4, -0.2) is 36.5 Å². The number of imidazole rings is 1. The van der Waals surface area contributed by atoms with Gasteiger partial charge in [0.25, 0.3) is 0 Å². The van der Waals surface area contributed by atoms with E-state index in [9.17, 15) is 0 Å². The highest BCUT2D eigenvalue weighted by Crippen LogP contribution is 2.14. The van der Waals surface area contributed by atoms with Crippen LogP contribution >= 0.6 is 0 Å². The number of aromatic nitrogens is 2. The normalized spacial score (nSPS) is 12.8. The van der Waals surface area contributed by atoms with Crippen LogP contribution in [0.3, 0.4) is 0 Å². The molecule has 0 amide bonds. The molecule has 6 nitrogen and oxygen atoms in total. The number of aryl methyl sites for hydroxylation is 1. The third kappa shape index (κ3) is 4.73. The molecule has 0 saturated carbocycles. The first kappa shape index (κ1) is 15.1. The number of ether oxygens (including phenoxy) is 2. The molecule has 0 radical (unpaired) electrons. The summed E-state index contributed by atoms with van der Waals surface area (Å²) in [5.41, 5.74) is 2.80. The van der Waals surface area contributed by atoms with Crippen molar-refractivity contribution in [2.24, 2.45) is 5.84 Å². The SMILES string of the molecule is CCCn1ccnc1C(CCOCCOC)NN. The van der Waals surface area contributed by atoms with Gasteiger partial charge in [0.05, 0.1) is 19.3 Å². The van der Waals surface area contributed by atoms with Gasteiger partial charge < -0.3 is 14.0 Å². The minimum absolute atomic E-state index is 0.0223. The Morgan fingerprint density at radius 1 is 1.44 bits per heavy atom. The molecule has 1 atom stereocenters. The largest absolute Gasteiger partial charge is 0.382 e. The first-order chi connectivity index (χ1) is 8.83. The highest BCUT2D eigenvalue weighted by Gasteiger charge is 2.14. The van der Waals surface area contributed by atoms with E-state index in [1.807, 2.05) is 6.20 Å². The zero-order valence-corrected chi connectivity index (χ0v) is 11.3. The van der Waals surface area contributed by atoms with Gasteiger partial charge in [0, 0.05) is 32.7 Å². The summed E-state index contributed by atoms with van der Waals surface area (Å²) in [5.74, 6) is 6.55. The summed E-state index contributed by atoms with van der Waals surface area (Å²) >= 11 is 0. The zero-order chi connectivity index (χ0) is 13.2. The summed E-state index contributed by atoms with van der Waals surface area (Å²) in [7, 11) is 1.66. The third-order valence-electron chi connectivity index (χ3n) is 2.71. The van der Waals surface area contributed by atoms with Gasteiger partial charge in [-0.05, 0) is 12.8 Å². The molecule has 0 saturated heterocycles. The second kappa shape index (κ2) is 9.04. The first-order valence-corrected chi connectivity index (χ1v) is 6.37. The molecule has 0 aromatic carbocycles. The molecule has 1 aromatic rings. The fourth-order valence-electron chi connectivity index (χ4n) is 1.79. The highest BCUT2D eigenvalue weighted by molar-refractivity contribution is 4.99. The molecule has 0 aliphatic rings. The van der Waals surface area contributed by atoms with Crippen LogP contribution in [0.15, 0.2) is 12.4 Å². The third-order valence-corrected chi connectivity index (χ3v) is 2.71. The molecular formula is C12H24N4O2. The molecule has 0 aliphatic heterocycles. The minimum Gasteiger partial charge on any atom is -0.382 e. The van der Waals surface area contributed by atoms with Crippen molar-refractivity contribution in [2.45, 2.75) is 32.4 Å². The van der Waals surface area contributed by atoms with Crippen molar-refractivity contribution in [3.63, 3.8) is 0 Å². The van der Waals surface area contributed by atoms with E-state index in [-0.39, 0.29) is 6.04 Å². The lowest BCUT2D eigenvalue weighted by Crippen LogP contribution is -2.31. The van der Waals surface area contributed by atoms with E-state index in [1.54, 1.807) is 13.3 Å². The number of methoxy groups -OCH3 is 1. The number of nitrogens with two attached hydrogens (primary N) is 1. The number of hydrogen-bond acceptors (Lipinski definition) is 5. The van der Waals surface area contributed by atoms with Gasteiger partial charge in [-0.1, -0.05) is 6.92 Å². The molecule has 1 aromatic heterocycles. The van der Waals surface area contributed by atoms with Gasteiger partial charge in [-0.2, -0.15) is 0 Å². The molecule has 1 heterocycles. The molecule has 104 valence electrons. The van der Waals surface area contributed by atoms with Crippen LogP contribution in [0.2, 0.25) is 0 Å².